The van der Waals surface area contributed by atoms with Crippen molar-refractivity contribution in [2.45, 2.75) is 13.0 Å². The number of rotatable bonds is 4. The number of amides is 2. The average molecular weight is 310 g/mol. The second kappa shape index (κ2) is 6.91. The third-order valence-corrected chi connectivity index (χ3v) is 4.14. The van der Waals surface area contributed by atoms with Crippen molar-refractivity contribution in [1.82, 2.24) is 15.1 Å². The number of nitrogens with zero attached hydrogens (tertiary/aromatic N) is 2. The van der Waals surface area contributed by atoms with E-state index in [-0.39, 0.29) is 30.9 Å². The van der Waals surface area contributed by atoms with Crippen molar-refractivity contribution in [1.29, 1.82) is 0 Å². The van der Waals surface area contributed by atoms with Crippen LogP contribution in [-0.4, -0.2) is 54.8 Å². The van der Waals surface area contributed by atoms with Gasteiger partial charge in [-0.2, -0.15) is 0 Å². The van der Waals surface area contributed by atoms with Gasteiger partial charge in [-0.1, -0.05) is 29.8 Å². The molecular weight excluding hydrogens is 290 g/mol. The summed E-state index contributed by atoms with van der Waals surface area (Å²) in [7, 11) is 1.88. The first-order valence-corrected chi connectivity index (χ1v) is 7.36. The van der Waals surface area contributed by atoms with Crippen LogP contribution in [0.4, 0.5) is 0 Å². The summed E-state index contributed by atoms with van der Waals surface area (Å²) in [6.07, 6.45) is 0. The number of nitrogens with one attached hydrogen (secondary N) is 1. The Bertz CT molecular complexity index is 535. The van der Waals surface area contributed by atoms with Gasteiger partial charge in [-0.15, -0.1) is 0 Å². The predicted octanol–water partition coefficient (Wildman–Crippen LogP) is 1.29. The van der Waals surface area contributed by atoms with E-state index in [1.165, 1.54) is 0 Å². The first kappa shape index (κ1) is 15.8. The summed E-state index contributed by atoms with van der Waals surface area (Å²) in [6, 6.07) is 7.65. The van der Waals surface area contributed by atoms with E-state index in [1.807, 2.05) is 43.1 Å². The van der Waals surface area contributed by atoms with E-state index >= 15 is 0 Å². The molecule has 0 bridgehead atoms. The lowest BCUT2D eigenvalue weighted by atomic mass is 10.1. The maximum absolute atomic E-state index is 12.2. The van der Waals surface area contributed by atoms with E-state index < -0.39 is 0 Å². The third-order valence-electron chi connectivity index (χ3n) is 3.79. The Hall–Kier alpha value is -1.59. The summed E-state index contributed by atoms with van der Waals surface area (Å²) in [5.41, 5.74) is 0.992. The van der Waals surface area contributed by atoms with Gasteiger partial charge in [0.25, 0.3) is 0 Å². The highest BCUT2D eigenvalue weighted by Crippen LogP contribution is 2.25. The van der Waals surface area contributed by atoms with Crippen LogP contribution in [0.3, 0.4) is 0 Å². The summed E-state index contributed by atoms with van der Waals surface area (Å²) in [6.45, 7) is 3.51. The molecule has 0 unspecified atom stereocenters. The molecule has 5 nitrogen and oxygen atoms in total. The smallest absolute Gasteiger partial charge is 0.239 e. The molecule has 1 aliphatic rings. The van der Waals surface area contributed by atoms with Crippen molar-refractivity contribution < 1.29 is 9.59 Å². The fourth-order valence-electron chi connectivity index (χ4n) is 2.35. The summed E-state index contributed by atoms with van der Waals surface area (Å²) in [5, 5.41) is 3.41. The Morgan fingerprint density at radius 1 is 1.48 bits per heavy atom. The summed E-state index contributed by atoms with van der Waals surface area (Å²) in [5.74, 6) is -0.136. The van der Waals surface area contributed by atoms with Gasteiger partial charge in [0.15, 0.2) is 0 Å². The summed E-state index contributed by atoms with van der Waals surface area (Å²) >= 11 is 6.19. The number of piperazine rings is 1. The van der Waals surface area contributed by atoms with Gasteiger partial charge in [-0.05, 0) is 25.6 Å². The van der Waals surface area contributed by atoms with Crippen LogP contribution in [0.15, 0.2) is 24.3 Å². The lowest BCUT2D eigenvalue weighted by molar-refractivity contribution is -0.139. The average Bonchev–Trinajstić information content (AvgIpc) is 2.47. The monoisotopic (exact) mass is 309 g/mol. The van der Waals surface area contributed by atoms with E-state index in [2.05, 4.69) is 5.32 Å². The van der Waals surface area contributed by atoms with Gasteiger partial charge in [0.05, 0.1) is 13.1 Å². The van der Waals surface area contributed by atoms with Crippen molar-refractivity contribution in [2.75, 3.05) is 33.2 Å². The molecule has 6 heteroatoms. The van der Waals surface area contributed by atoms with Crippen LogP contribution in [0.1, 0.15) is 18.5 Å². The number of benzene rings is 1. The number of carbonyl (C=O) groups excluding carboxylic acids is 2. The van der Waals surface area contributed by atoms with Crippen LogP contribution in [0.25, 0.3) is 0 Å². The fraction of sp³-hybridized carbons (Fsp3) is 0.467. The SMILES string of the molecule is C[C@@H](c1ccccc1Cl)N(C)CC(=O)N1CCNC(=O)C1. The molecule has 1 fully saturated rings. The molecule has 21 heavy (non-hydrogen) atoms. The highest BCUT2D eigenvalue weighted by atomic mass is 35.5. The van der Waals surface area contributed by atoms with Gasteiger partial charge in [0, 0.05) is 24.2 Å². The molecule has 0 aromatic heterocycles. The highest BCUT2D eigenvalue weighted by Gasteiger charge is 2.24. The minimum atomic E-state index is -0.101. The van der Waals surface area contributed by atoms with Crippen molar-refractivity contribution in [2.24, 2.45) is 0 Å². The standard InChI is InChI=1S/C15H20ClN3O2/c1-11(12-5-3-4-6-13(12)16)18(2)10-15(21)19-8-7-17-14(20)9-19/h3-6,11H,7-10H2,1-2H3,(H,17,20)/t11-/m0/s1. The van der Waals surface area contributed by atoms with Crippen molar-refractivity contribution >= 4 is 23.4 Å². The Balaban J connectivity index is 1.97. The Morgan fingerprint density at radius 2 is 2.19 bits per heavy atom. The van der Waals surface area contributed by atoms with Crippen molar-refractivity contribution in [3.63, 3.8) is 0 Å². The van der Waals surface area contributed by atoms with E-state index in [0.29, 0.717) is 18.1 Å². The first-order valence-electron chi connectivity index (χ1n) is 6.98. The molecule has 0 aliphatic carbocycles. The molecule has 2 rings (SSSR count). The molecule has 1 heterocycles. The van der Waals surface area contributed by atoms with Gasteiger partial charge in [-0.3, -0.25) is 14.5 Å². The number of carbonyl (C=O) groups is 2. The number of halogens is 1. The Kier molecular flexibility index (Phi) is 5.20. The molecule has 1 aromatic carbocycles. The quantitative estimate of drug-likeness (QED) is 0.912. The molecule has 2 amide bonds. The van der Waals surface area contributed by atoms with E-state index in [4.69, 9.17) is 11.6 Å². The summed E-state index contributed by atoms with van der Waals surface area (Å²) in [4.78, 5) is 27.1. The molecule has 1 saturated heterocycles. The Labute approximate surface area is 129 Å². The van der Waals surface area contributed by atoms with Crippen LogP contribution >= 0.6 is 11.6 Å². The maximum Gasteiger partial charge on any atom is 0.239 e. The topological polar surface area (TPSA) is 52.7 Å². The molecule has 0 spiro atoms. The molecule has 1 atom stereocenters. The largest absolute Gasteiger partial charge is 0.353 e. The Morgan fingerprint density at radius 3 is 2.86 bits per heavy atom. The zero-order valence-electron chi connectivity index (χ0n) is 12.3. The van der Waals surface area contributed by atoms with Crippen LogP contribution in [0.5, 0.6) is 0 Å². The minimum absolute atomic E-state index is 0.0290. The lowest BCUT2D eigenvalue weighted by Crippen LogP contribution is -2.52. The van der Waals surface area contributed by atoms with Gasteiger partial charge >= 0.3 is 0 Å². The zero-order valence-corrected chi connectivity index (χ0v) is 13.1. The van der Waals surface area contributed by atoms with Gasteiger partial charge in [0.2, 0.25) is 11.8 Å². The molecule has 1 N–H and O–H groups in total. The number of likely N-dealkylation sites (N-methyl/N-ethyl adjacent to an activating group) is 1. The van der Waals surface area contributed by atoms with Crippen LogP contribution in [-0.2, 0) is 9.59 Å². The zero-order chi connectivity index (χ0) is 15.4. The van der Waals surface area contributed by atoms with Gasteiger partial charge < -0.3 is 10.2 Å². The fourth-order valence-corrected chi connectivity index (χ4v) is 2.65. The van der Waals surface area contributed by atoms with Crippen LogP contribution < -0.4 is 5.32 Å². The lowest BCUT2D eigenvalue weighted by Gasteiger charge is -2.31. The number of hydrogen-bond donors (Lipinski definition) is 1. The molecular formula is C15H20ClN3O2. The van der Waals surface area contributed by atoms with Crippen LogP contribution in [0, 0.1) is 0 Å². The third kappa shape index (κ3) is 3.95. The number of hydrogen-bond acceptors (Lipinski definition) is 3. The first-order chi connectivity index (χ1) is 9.99. The van der Waals surface area contributed by atoms with E-state index in [9.17, 15) is 9.59 Å². The molecule has 1 aromatic rings. The normalized spacial score (nSPS) is 16.8. The minimum Gasteiger partial charge on any atom is -0.353 e. The predicted molar refractivity (Wildman–Crippen MR) is 82.1 cm³/mol. The maximum atomic E-state index is 12.2. The van der Waals surface area contributed by atoms with E-state index in [0.717, 1.165) is 5.56 Å². The molecule has 114 valence electrons. The second-order valence-electron chi connectivity index (χ2n) is 5.28. The van der Waals surface area contributed by atoms with E-state index in [1.54, 1.807) is 4.90 Å². The van der Waals surface area contributed by atoms with Gasteiger partial charge in [0.1, 0.15) is 0 Å². The molecule has 0 radical (unpaired) electrons. The summed E-state index contributed by atoms with van der Waals surface area (Å²) < 4.78 is 0. The molecule has 0 saturated carbocycles. The molecule has 1 aliphatic heterocycles. The second-order valence-corrected chi connectivity index (χ2v) is 5.69. The van der Waals surface area contributed by atoms with Crippen molar-refractivity contribution in [3.05, 3.63) is 34.9 Å². The van der Waals surface area contributed by atoms with Gasteiger partial charge in [-0.25, -0.2) is 0 Å². The van der Waals surface area contributed by atoms with Crippen LogP contribution in [0.2, 0.25) is 5.02 Å². The highest BCUT2D eigenvalue weighted by molar-refractivity contribution is 6.31. The van der Waals surface area contributed by atoms with Crippen molar-refractivity contribution in [3.8, 4) is 0 Å².